The summed E-state index contributed by atoms with van der Waals surface area (Å²) in [4.78, 5) is 29.6. The van der Waals surface area contributed by atoms with E-state index in [0.717, 1.165) is 19.3 Å². The predicted octanol–water partition coefficient (Wildman–Crippen LogP) is 1.87. The minimum Gasteiger partial charge on any atom is -0.331 e. The third kappa shape index (κ3) is 3.07. The average Bonchev–Trinajstić information content (AvgIpc) is 2.76. The van der Waals surface area contributed by atoms with Gasteiger partial charge in [-0.15, -0.1) is 11.3 Å². The molecular formula is C12H17N3O2S. The van der Waals surface area contributed by atoms with Gasteiger partial charge < -0.3 is 10.2 Å². The summed E-state index contributed by atoms with van der Waals surface area (Å²) >= 11 is 1.37. The highest BCUT2D eigenvalue weighted by atomic mass is 32.1. The van der Waals surface area contributed by atoms with Crippen LogP contribution in [0.15, 0.2) is 11.6 Å². The number of rotatable bonds is 3. The number of thiazole rings is 1. The molecule has 0 aromatic carbocycles. The number of nitrogens with zero attached hydrogens (tertiary/aromatic N) is 2. The topological polar surface area (TPSA) is 62.3 Å². The minimum absolute atomic E-state index is 0.0780. The largest absolute Gasteiger partial charge is 0.331 e. The lowest BCUT2D eigenvalue weighted by Crippen LogP contribution is -2.45. The highest BCUT2D eigenvalue weighted by Crippen LogP contribution is 2.16. The first-order chi connectivity index (χ1) is 8.68. The van der Waals surface area contributed by atoms with Crippen LogP contribution in [0.1, 0.15) is 32.6 Å². The number of likely N-dealkylation sites (tertiary alicyclic amines) is 1. The van der Waals surface area contributed by atoms with Gasteiger partial charge in [0.1, 0.15) is 6.04 Å². The lowest BCUT2D eigenvalue weighted by molar-refractivity contribution is -0.137. The van der Waals surface area contributed by atoms with Crippen LogP contribution in [0.4, 0.5) is 5.13 Å². The second-order valence-electron chi connectivity index (χ2n) is 4.40. The molecule has 6 heteroatoms. The van der Waals surface area contributed by atoms with Gasteiger partial charge in [0, 0.05) is 24.5 Å². The van der Waals surface area contributed by atoms with Crippen molar-refractivity contribution in [2.75, 3.05) is 11.9 Å². The molecule has 1 unspecified atom stereocenters. The van der Waals surface area contributed by atoms with Gasteiger partial charge >= 0.3 is 0 Å². The van der Waals surface area contributed by atoms with Crippen molar-refractivity contribution in [1.82, 2.24) is 9.88 Å². The van der Waals surface area contributed by atoms with Crippen LogP contribution in [-0.4, -0.2) is 34.3 Å². The molecule has 0 bridgehead atoms. The molecule has 2 rings (SSSR count). The van der Waals surface area contributed by atoms with E-state index in [0.29, 0.717) is 18.1 Å². The van der Waals surface area contributed by atoms with Crippen LogP contribution in [-0.2, 0) is 9.59 Å². The Morgan fingerprint density at radius 3 is 3.06 bits per heavy atom. The van der Waals surface area contributed by atoms with E-state index in [2.05, 4.69) is 10.3 Å². The lowest BCUT2D eigenvalue weighted by atomic mass is 10.2. The molecule has 1 aromatic heterocycles. The van der Waals surface area contributed by atoms with Crippen LogP contribution < -0.4 is 5.32 Å². The fraction of sp³-hybridized carbons (Fsp3) is 0.583. The van der Waals surface area contributed by atoms with Crippen molar-refractivity contribution in [2.45, 2.75) is 38.6 Å². The Kier molecular flexibility index (Phi) is 4.30. The van der Waals surface area contributed by atoms with E-state index >= 15 is 0 Å². The van der Waals surface area contributed by atoms with Gasteiger partial charge in [-0.2, -0.15) is 0 Å². The van der Waals surface area contributed by atoms with Gasteiger partial charge in [0.15, 0.2) is 5.13 Å². The molecule has 1 fully saturated rings. The first-order valence-corrected chi connectivity index (χ1v) is 7.06. The summed E-state index contributed by atoms with van der Waals surface area (Å²) in [5, 5.41) is 5.12. The van der Waals surface area contributed by atoms with Crippen molar-refractivity contribution in [1.29, 1.82) is 0 Å². The third-order valence-electron chi connectivity index (χ3n) is 3.12. The van der Waals surface area contributed by atoms with E-state index in [1.165, 1.54) is 11.3 Å². The number of hydrogen-bond acceptors (Lipinski definition) is 4. The van der Waals surface area contributed by atoms with E-state index < -0.39 is 6.04 Å². The molecule has 0 radical (unpaired) electrons. The van der Waals surface area contributed by atoms with Crippen molar-refractivity contribution in [3.63, 3.8) is 0 Å². The maximum absolute atomic E-state index is 12.0. The number of nitrogens with one attached hydrogen (secondary N) is 1. The fourth-order valence-corrected chi connectivity index (χ4v) is 2.58. The van der Waals surface area contributed by atoms with E-state index in [4.69, 9.17) is 0 Å². The van der Waals surface area contributed by atoms with E-state index in [1.54, 1.807) is 23.4 Å². The maximum atomic E-state index is 12.0. The first kappa shape index (κ1) is 13.0. The van der Waals surface area contributed by atoms with Crippen LogP contribution in [0, 0.1) is 0 Å². The molecule has 1 N–H and O–H groups in total. The molecule has 1 saturated heterocycles. The molecule has 5 nitrogen and oxygen atoms in total. The van der Waals surface area contributed by atoms with Gasteiger partial charge in [-0.05, 0) is 19.8 Å². The van der Waals surface area contributed by atoms with Crippen LogP contribution in [0.3, 0.4) is 0 Å². The van der Waals surface area contributed by atoms with Crippen LogP contribution in [0.5, 0.6) is 0 Å². The van der Waals surface area contributed by atoms with Crippen molar-refractivity contribution >= 4 is 28.3 Å². The van der Waals surface area contributed by atoms with Crippen LogP contribution in [0.25, 0.3) is 0 Å². The summed E-state index contributed by atoms with van der Waals surface area (Å²) < 4.78 is 0. The van der Waals surface area contributed by atoms with Crippen molar-refractivity contribution in [2.24, 2.45) is 0 Å². The third-order valence-corrected chi connectivity index (χ3v) is 3.81. The zero-order chi connectivity index (χ0) is 13.0. The lowest BCUT2D eigenvalue weighted by Gasteiger charge is -2.26. The molecule has 1 aromatic rings. The number of carbonyl (C=O) groups is 2. The number of anilines is 1. The fourth-order valence-electron chi connectivity index (χ4n) is 2.05. The highest BCUT2D eigenvalue weighted by Gasteiger charge is 2.26. The molecule has 1 aliphatic rings. The summed E-state index contributed by atoms with van der Waals surface area (Å²) in [7, 11) is 0. The molecule has 2 amide bonds. The molecule has 0 aliphatic carbocycles. The van der Waals surface area contributed by atoms with Crippen LogP contribution >= 0.6 is 11.3 Å². The monoisotopic (exact) mass is 267 g/mol. The normalized spacial score (nSPS) is 18.3. The zero-order valence-electron chi connectivity index (χ0n) is 10.4. The van der Waals surface area contributed by atoms with Gasteiger partial charge in [0.05, 0.1) is 0 Å². The second kappa shape index (κ2) is 5.95. The number of carbonyl (C=O) groups excluding carboxylic acids is 2. The van der Waals surface area contributed by atoms with Gasteiger partial charge in [0.2, 0.25) is 11.8 Å². The smallest absolute Gasteiger partial charge is 0.248 e. The van der Waals surface area contributed by atoms with Gasteiger partial charge in [0.25, 0.3) is 0 Å². The van der Waals surface area contributed by atoms with Crippen molar-refractivity contribution in [3.8, 4) is 0 Å². The average molecular weight is 267 g/mol. The molecular weight excluding hydrogens is 250 g/mol. The quantitative estimate of drug-likeness (QED) is 0.909. The first-order valence-electron chi connectivity index (χ1n) is 6.18. The molecule has 18 heavy (non-hydrogen) atoms. The van der Waals surface area contributed by atoms with Crippen molar-refractivity contribution < 1.29 is 9.59 Å². The van der Waals surface area contributed by atoms with Gasteiger partial charge in [-0.25, -0.2) is 4.98 Å². The standard InChI is InChI=1S/C12H17N3O2S/c1-9(11(17)14-12-13-6-8-18-12)15-7-4-2-3-5-10(15)16/h6,8-9H,2-5,7H2,1H3,(H,13,14,17). The predicted molar refractivity (Wildman–Crippen MR) is 70.4 cm³/mol. The Hall–Kier alpha value is -1.43. The molecule has 0 saturated carbocycles. The Morgan fingerprint density at radius 2 is 2.33 bits per heavy atom. The molecule has 98 valence electrons. The summed E-state index contributed by atoms with van der Waals surface area (Å²) in [6.07, 6.45) is 5.15. The Balaban J connectivity index is 1.98. The summed E-state index contributed by atoms with van der Waals surface area (Å²) in [5.74, 6) is -0.0884. The van der Waals surface area contributed by atoms with Gasteiger partial charge in [-0.3, -0.25) is 9.59 Å². The number of aromatic nitrogens is 1. The van der Waals surface area contributed by atoms with E-state index in [9.17, 15) is 9.59 Å². The zero-order valence-corrected chi connectivity index (χ0v) is 11.2. The van der Waals surface area contributed by atoms with Crippen molar-refractivity contribution in [3.05, 3.63) is 11.6 Å². The summed E-state index contributed by atoms with van der Waals surface area (Å²) in [6.45, 7) is 2.44. The maximum Gasteiger partial charge on any atom is 0.248 e. The van der Waals surface area contributed by atoms with E-state index in [1.807, 2.05) is 0 Å². The minimum atomic E-state index is -0.431. The summed E-state index contributed by atoms with van der Waals surface area (Å²) in [5.41, 5.74) is 0. The Morgan fingerprint density at radius 1 is 1.50 bits per heavy atom. The highest BCUT2D eigenvalue weighted by molar-refractivity contribution is 7.13. The molecule has 1 aliphatic heterocycles. The van der Waals surface area contributed by atoms with Crippen LogP contribution in [0.2, 0.25) is 0 Å². The SMILES string of the molecule is CC(C(=O)Nc1nccs1)N1CCCCCC1=O. The summed E-state index contributed by atoms with van der Waals surface area (Å²) in [6, 6.07) is -0.431. The number of hydrogen-bond donors (Lipinski definition) is 1. The van der Waals surface area contributed by atoms with Gasteiger partial charge in [-0.1, -0.05) is 6.42 Å². The second-order valence-corrected chi connectivity index (χ2v) is 5.29. The Bertz CT molecular complexity index is 419. The molecule has 0 spiro atoms. The molecule has 1 atom stereocenters. The number of amides is 2. The molecule has 2 heterocycles. The van der Waals surface area contributed by atoms with E-state index in [-0.39, 0.29) is 11.8 Å². The Labute approximate surface area is 110 Å².